The number of nitrogens with one attached hydrogen (secondary N) is 1. The summed E-state index contributed by atoms with van der Waals surface area (Å²) >= 11 is 1.72. The van der Waals surface area contributed by atoms with Crippen molar-refractivity contribution in [3.63, 3.8) is 0 Å². The highest BCUT2D eigenvalue weighted by atomic mass is 32.1. The summed E-state index contributed by atoms with van der Waals surface area (Å²) in [6.07, 6.45) is 0.974. The molecule has 0 saturated carbocycles. The maximum atomic E-state index is 8.64. The lowest BCUT2D eigenvalue weighted by atomic mass is 10.2. The lowest BCUT2D eigenvalue weighted by molar-refractivity contribution is 0.754. The van der Waals surface area contributed by atoms with Gasteiger partial charge in [-0.1, -0.05) is 13.0 Å². The Balaban J connectivity index is 2.11. The Bertz CT molecular complexity index is 498. The second kappa shape index (κ2) is 5.41. The minimum Gasteiger partial charge on any atom is -0.361 e. The van der Waals surface area contributed by atoms with Crippen molar-refractivity contribution >= 4 is 17.2 Å². The van der Waals surface area contributed by atoms with Gasteiger partial charge in [0.15, 0.2) is 5.69 Å². The molecule has 0 aliphatic rings. The average Bonchev–Trinajstić information content (AvgIpc) is 2.90. The molecule has 86 valence electrons. The van der Waals surface area contributed by atoms with Crippen LogP contribution in [-0.2, 0) is 0 Å². The molecule has 0 radical (unpaired) electrons. The molecule has 0 fully saturated rings. The van der Waals surface area contributed by atoms with Crippen LogP contribution in [0.2, 0.25) is 0 Å². The second-order valence-corrected chi connectivity index (χ2v) is 4.52. The Morgan fingerprint density at radius 1 is 1.41 bits per heavy atom. The topological polar surface area (TPSA) is 61.6 Å². The molecule has 0 aliphatic carbocycles. The molecule has 2 heterocycles. The molecule has 2 aromatic rings. The van der Waals surface area contributed by atoms with Crippen molar-refractivity contribution in [2.75, 3.05) is 5.32 Å². The van der Waals surface area contributed by atoms with Crippen LogP contribution in [0.5, 0.6) is 0 Å². The van der Waals surface area contributed by atoms with E-state index in [1.54, 1.807) is 23.5 Å². The highest BCUT2D eigenvalue weighted by Crippen LogP contribution is 2.24. The van der Waals surface area contributed by atoms with Crippen molar-refractivity contribution in [3.05, 3.63) is 40.2 Å². The first-order valence-corrected chi connectivity index (χ1v) is 6.25. The van der Waals surface area contributed by atoms with Gasteiger partial charge in [-0.05, 0) is 30.0 Å². The standard InChI is InChI=1S/C12H12N4S/c1-2-10(11-4-3-7-17-11)14-12-6-5-9(8-13)15-16-12/h3-7,10H,2H2,1H3,(H,14,16). The Morgan fingerprint density at radius 3 is 2.82 bits per heavy atom. The van der Waals surface area contributed by atoms with Crippen LogP contribution in [-0.4, -0.2) is 10.2 Å². The number of hydrogen-bond acceptors (Lipinski definition) is 5. The number of aromatic nitrogens is 2. The summed E-state index contributed by atoms with van der Waals surface area (Å²) in [4.78, 5) is 1.28. The summed E-state index contributed by atoms with van der Waals surface area (Å²) in [5.41, 5.74) is 0.333. The molecule has 0 aliphatic heterocycles. The maximum absolute atomic E-state index is 8.64. The van der Waals surface area contributed by atoms with Crippen molar-refractivity contribution in [1.29, 1.82) is 5.26 Å². The van der Waals surface area contributed by atoms with E-state index in [2.05, 4.69) is 33.9 Å². The molecule has 0 bridgehead atoms. The van der Waals surface area contributed by atoms with E-state index in [4.69, 9.17) is 5.26 Å². The van der Waals surface area contributed by atoms with Gasteiger partial charge in [0.2, 0.25) is 0 Å². The van der Waals surface area contributed by atoms with E-state index in [0.29, 0.717) is 11.5 Å². The molecule has 0 saturated heterocycles. The fourth-order valence-corrected chi connectivity index (χ4v) is 2.37. The highest BCUT2D eigenvalue weighted by molar-refractivity contribution is 7.10. The van der Waals surface area contributed by atoms with Crippen LogP contribution in [0, 0.1) is 11.3 Å². The van der Waals surface area contributed by atoms with Crippen molar-refractivity contribution in [2.45, 2.75) is 19.4 Å². The molecule has 1 atom stereocenters. The van der Waals surface area contributed by atoms with Crippen LogP contribution in [0.3, 0.4) is 0 Å². The van der Waals surface area contributed by atoms with Gasteiger partial charge in [-0.25, -0.2) is 0 Å². The number of anilines is 1. The Hall–Kier alpha value is -1.93. The largest absolute Gasteiger partial charge is 0.361 e. The third-order valence-electron chi connectivity index (χ3n) is 2.40. The normalized spacial score (nSPS) is 11.8. The third-order valence-corrected chi connectivity index (χ3v) is 3.38. The molecule has 5 heteroatoms. The third kappa shape index (κ3) is 2.80. The van der Waals surface area contributed by atoms with Crippen LogP contribution in [0.15, 0.2) is 29.6 Å². The lowest BCUT2D eigenvalue weighted by Crippen LogP contribution is -2.09. The molecular weight excluding hydrogens is 232 g/mol. The molecule has 1 N–H and O–H groups in total. The molecule has 0 spiro atoms. The fourth-order valence-electron chi connectivity index (χ4n) is 1.51. The van der Waals surface area contributed by atoms with E-state index in [1.807, 2.05) is 12.1 Å². The monoisotopic (exact) mass is 244 g/mol. The second-order valence-electron chi connectivity index (χ2n) is 3.54. The van der Waals surface area contributed by atoms with Gasteiger partial charge < -0.3 is 5.32 Å². The van der Waals surface area contributed by atoms with Gasteiger partial charge in [0, 0.05) is 4.88 Å². The Kier molecular flexibility index (Phi) is 3.68. The lowest BCUT2D eigenvalue weighted by Gasteiger charge is -2.15. The van der Waals surface area contributed by atoms with Crippen LogP contribution >= 0.6 is 11.3 Å². The Morgan fingerprint density at radius 2 is 2.29 bits per heavy atom. The number of rotatable bonds is 4. The first-order chi connectivity index (χ1) is 8.33. The quantitative estimate of drug-likeness (QED) is 0.898. The predicted molar refractivity (Wildman–Crippen MR) is 67.7 cm³/mol. The number of hydrogen-bond donors (Lipinski definition) is 1. The summed E-state index contributed by atoms with van der Waals surface area (Å²) < 4.78 is 0. The van der Waals surface area contributed by atoms with E-state index >= 15 is 0 Å². The first kappa shape index (κ1) is 11.6. The smallest absolute Gasteiger partial charge is 0.163 e. The van der Waals surface area contributed by atoms with Gasteiger partial charge in [0.25, 0.3) is 0 Å². The molecule has 1 unspecified atom stereocenters. The van der Waals surface area contributed by atoms with Gasteiger partial charge in [-0.2, -0.15) is 5.26 Å². The molecular formula is C12H12N4S. The van der Waals surface area contributed by atoms with E-state index < -0.39 is 0 Å². The van der Waals surface area contributed by atoms with E-state index in [9.17, 15) is 0 Å². The minimum atomic E-state index is 0.247. The summed E-state index contributed by atoms with van der Waals surface area (Å²) in [6.45, 7) is 2.12. The molecule has 4 nitrogen and oxygen atoms in total. The van der Waals surface area contributed by atoms with Gasteiger partial charge in [0.1, 0.15) is 11.9 Å². The van der Waals surface area contributed by atoms with Crippen molar-refractivity contribution in [3.8, 4) is 6.07 Å². The molecule has 0 aromatic carbocycles. The van der Waals surface area contributed by atoms with Crippen LogP contribution in [0.1, 0.15) is 30.0 Å². The van der Waals surface area contributed by atoms with Crippen molar-refractivity contribution in [1.82, 2.24) is 10.2 Å². The highest BCUT2D eigenvalue weighted by Gasteiger charge is 2.10. The predicted octanol–water partition coefficient (Wildman–Crippen LogP) is 2.97. The molecule has 2 aromatic heterocycles. The zero-order valence-corrected chi connectivity index (χ0v) is 10.2. The van der Waals surface area contributed by atoms with E-state index in [1.165, 1.54) is 4.88 Å². The minimum absolute atomic E-state index is 0.247. The maximum Gasteiger partial charge on any atom is 0.163 e. The van der Waals surface area contributed by atoms with Gasteiger partial charge in [0.05, 0.1) is 6.04 Å². The van der Waals surface area contributed by atoms with Crippen LogP contribution in [0.25, 0.3) is 0 Å². The van der Waals surface area contributed by atoms with Crippen molar-refractivity contribution in [2.24, 2.45) is 0 Å². The van der Waals surface area contributed by atoms with E-state index in [-0.39, 0.29) is 6.04 Å². The van der Waals surface area contributed by atoms with E-state index in [0.717, 1.165) is 6.42 Å². The van der Waals surface area contributed by atoms with Gasteiger partial charge >= 0.3 is 0 Å². The fraction of sp³-hybridized carbons (Fsp3) is 0.250. The molecule has 17 heavy (non-hydrogen) atoms. The zero-order valence-electron chi connectivity index (χ0n) is 9.42. The summed E-state index contributed by atoms with van der Waals surface area (Å²) in [6, 6.07) is 9.78. The van der Waals surface area contributed by atoms with Crippen LogP contribution < -0.4 is 5.32 Å². The summed E-state index contributed by atoms with van der Waals surface area (Å²) in [5, 5.41) is 21.8. The number of nitrogens with zero attached hydrogens (tertiary/aromatic N) is 3. The SMILES string of the molecule is CCC(Nc1ccc(C#N)nn1)c1cccs1. The Labute approximate surface area is 104 Å². The number of thiophene rings is 1. The average molecular weight is 244 g/mol. The van der Waals surface area contributed by atoms with Gasteiger partial charge in [-0.3, -0.25) is 0 Å². The number of nitriles is 1. The summed E-state index contributed by atoms with van der Waals surface area (Å²) in [7, 11) is 0. The van der Waals surface area contributed by atoms with Gasteiger partial charge in [-0.15, -0.1) is 21.5 Å². The first-order valence-electron chi connectivity index (χ1n) is 5.37. The van der Waals surface area contributed by atoms with Crippen LogP contribution in [0.4, 0.5) is 5.82 Å². The molecule has 2 rings (SSSR count). The molecule has 0 amide bonds. The summed E-state index contributed by atoms with van der Waals surface area (Å²) in [5.74, 6) is 0.698. The zero-order chi connectivity index (χ0) is 12.1. The van der Waals surface area contributed by atoms with Crippen molar-refractivity contribution < 1.29 is 0 Å².